The summed E-state index contributed by atoms with van der Waals surface area (Å²) in [5.74, 6) is 1.16. The zero-order valence-corrected chi connectivity index (χ0v) is 20.4. The van der Waals surface area contributed by atoms with Gasteiger partial charge in [-0.1, -0.05) is 35.5 Å². The number of aryl methyl sites for hydroxylation is 2. The number of aromatic nitrogens is 3. The van der Waals surface area contributed by atoms with Crippen molar-refractivity contribution in [2.45, 2.75) is 38.9 Å². The molecule has 0 aliphatic carbocycles. The first kappa shape index (κ1) is 22.3. The molecule has 36 heavy (non-hydrogen) atoms. The molecular formula is C27H28N6O3. The summed E-state index contributed by atoms with van der Waals surface area (Å²) in [5.41, 5.74) is 4.88. The Bertz CT molecular complexity index is 1470. The van der Waals surface area contributed by atoms with Crippen molar-refractivity contribution in [3.05, 3.63) is 77.1 Å². The Morgan fingerprint density at radius 2 is 1.97 bits per heavy atom. The van der Waals surface area contributed by atoms with Gasteiger partial charge in [-0.25, -0.2) is 0 Å². The maximum absolute atomic E-state index is 13.4. The van der Waals surface area contributed by atoms with Crippen LogP contribution in [0.2, 0.25) is 0 Å². The van der Waals surface area contributed by atoms with Gasteiger partial charge in [0.25, 0.3) is 5.91 Å². The molecule has 1 atom stereocenters. The number of hydrogen-bond acceptors (Lipinski definition) is 6. The number of carbonyl (C=O) groups is 2. The summed E-state index contributed by atoms with van der Waals surface area (Å²) in [6.07, 6.45) is 1.82. The van der Waals surface area contributed by atoms with Gasteiger partial charge in [-0.2, -0.15) is 4.98 Å². The third-order valence-corrected chi connectivity index (χ3v) is 7.17. The molecule has 0 fully saturated rings. The van der Waals surface area contributed by atoms with Crippen molar-refractivity contribution < 1.29 is 14.1 Å². The summed E-state index contributed by atoms with van der Waals surface area (Å²) < 4.78 is 7.24. The van der Waals surface area contributed by atoms with Crippen LogP contribution < -0.4 is 10.2 Å². The predicted octanol–water partition coefficient (Wildman–Crippen LogP) is 3.23. The molecule has 2 aromatic heterocycles. The standard InChI is InChI=1S/C27H28N6O3/c1-17-29-24(36-30-17)12-7-14-28-23(34)16-33-22-11-6-3-8-18(22)19-13-15-32-26(25(19)33)31(2)21-10-5-4-9-20(21)27(32)35/h3-6,8-11,26H,7,12-16H2,1-2H3,(H,28,34). The van der Waals surface area contributed by atoms with Gasteiger partial charge in [0.1, 0.15) is 12.7 Å². The molecule has 2 aliphatic heterocycles. The number of benzene rings is 2. The third kappa shape index (κ3) is 3.62. The summed E-state index contributed by atoms with van der Waals surface area (Å²) in [6, 6.07) is 15.9. The second-order valence-electron chi connectivity index (χ2n) is 9.41. The lowest BCUT2D eigenvalue weighted by molar-refractivity contribution is -0.121. The van der Waals surface area contributed by atoms with Crippen LogP contribution in [0, 0.1) is 6.92 Å². The van der Waals surface area contributed by atoms with Gasteiger partial charge in [0.05, 0.1) is 16.9 Å². The molecule has 4 heterocycles. The van der Waals surface area contributed by atoms with E-state index in [1.54, 1.807) is 6.92 Å². The summed E-state index contributed by atoms with van der Waals surface area (Å²) in [5, 5.41) is 7.98. The maximum atomic E-state index is 13.4. The molecule has 2 amide bonds. The summed E-state index contributed by atoms with van der Waals surface area (Å²) in [7, 11) is 2.03. The second-order valence-corrected chi connectivity index (χ2v) is 9.41. The Morgan fingerprint density at radius 3 is 2.81 bits per heavy atom. The quantitative estimate of drug-likeness (QED) is 0.422. The Morgan fingerprint density at radius 1 is 1.17 bits per heavy atom. The Labute approximate surface area is 208 Å². The van der Waals surface area contributed by atoms with Gasteiger partial charge in [-0.15, -0.1) is 0 Å². The van der Waals surface area contributed by atoms with Gasteiger partial charge >= 0.3 is 0 Å². The van der Waals surface area contributed by atoms with Crippen molar-refractivity contribution in [1.29, 1.82) is 0 Å². The van der Waals surface area contributed by atoms with Crippen molar-refractivity contribution in [2.24, 2.45) is 0 Å². The summed E-state index contributed by atoms with van der Waals surface area (Å²) in [6.45, 7) is 3.13. The first-order valence-electron chi connectivity index (χ1n) is 12.3. The van der Waals surface area contributed by atoms with E-state index in [-0.39, 0.29) is 24.5 Å². The van der Waals surface area contributed by atoms with Crippen LogP contribution in [-0.2, 0) is 24.2 Å². The number of rotatable bonds is 6. The minimum atomic E-state index is -0.267. The van der Waals surface area contributed by atoms with E-state index in [4.69, 9.17) is 4.52 Å². The van der Waals surface area contributed by atoms with Gasteiger partial charge < -0.3 is 24.2 Å². The highest BCUT2D eigenvalue weighted by atomic mass is 16.5. The lowest BCUT2D eigenvalue weighted by atomic mass is 9.96. The van der Waals surface area contributed by atoms with E-state index in [0.29, 0.717) is 37.6 Å². The normalized spacial score (nSPS) is 16.6. The molecule has 0 saturated carbocycles. The SMILES string of the molecule is Cc1noc(CCCNC(=O)Cn2c3c(c4ccccc42)CCN2C(=O)c4ccccc4N(C)C32)n1. The first-order valence-corrected chi connectivity index (χ1v) is 12.3. The molecule has 9 nitrogen and oxygen atoms in total. The molecule has 184 valence electrons. The fourth-order valence-corrected chi connectivity index (χ4v) is 5.59. The number of nitrogens with one attached hydrogen (secondary N) is 1. The third-order valence-electron chi connectivity index (χ3n) is 7.17. The Kier molecular flexibility index (Phi) is 5.47. The highest BCUT2D eigenvalue weighted by Gasteiger charge is 2.42. The number of hydrogen-bond donors (Lipinski definition) is 1. The monoisotopic (exact) mass is 484 g/mol. The van der Waals surface area contributed by atoms with Crippen LogP contribution in [0.15, 0.2) is 53.1 Å². The molecular weight excluding hydrogens is 456 g/mol. The fraction of sp³-hybridized carbons (Fsp3) is 0.333. The number of carbonyl (C=O) groups excluding carboxylic acids is 2. The Balaban J connectivity index is 1.30. The number of para-hydroxylation sites is 2. The van der Waals surface area contributed by atoms with Crippen LogP contribution in [-0.4, -0.2) is 51.6 Å². The van der Waals surface area contributed by atoms with Crippen LogP contribution in [0.25, 0.3) is 10.9 Å². The molecule has 0 spiro atoms. The van der Waals surface area contributed by atoms with Crippen molar-refractivity contribution in [3.8, 4) is 0 Å². The molecule has 0 saturated heterocycles. The second kappa shape index (κ2) is 8.82. The minimum Gasteiger partial charge on any atom is -0.355 e. The highest BCUT2D eigenvalue weighted by Crippen LogP contribution is 2.44. The van der Waals surface area contributed by atoms with Crippen LogP contribution in [0.4, 0.5) is 5.69 Å². The predicted molar refractivity (Wildman–Crippen MR) is 135 cm³/mol. The van der Waals surface area contributed by atoms with Gasteiger partial charge in [0, 0.05) is 37.5 Å². The largest absolute Gasteiger partial charge is 0.355 e. The molecule has 2 aromatic carbocycles. The molecule has 2 aliphatic rings. The minimum absolute atomic E-state index is 0.0388. The van der Waals surface area contributed by atoms with E-state index >= 15 is 0 Å². The average molecular weight is 485 g/mol. The first-order chi connectivity index (χ1) is 17.5. The lowest BCUT2D eigenvalue weighted by Gasteiger charge is -2.46. The number of amides is 2. The molecule has 1 unspecified atom stereocenters. The van der Waals surface area contributed by atoms with Crippen molar-refractivity contribution in [1.82, 2.24) is 24.9 Å². The van der Waals surface area contributed by atoms with Crippen LogP contribution >= 0.6 is 0 Å². The van der Waals surface area contributed by atoms with Gasteiger partial charge in [-0.05, 0) is 43.5 Å². The van der Waals surface area contributed by atoms with Crippen molar-refractivity contribution >= 4 is 28.4 Å². The molecule has 0 radical (unpaired) electrons. The summed E-state index contributed by atoms with van der Waals surface area (Å²) >= 11 is 0. The van der Waals surface area contributed by atoms with Crippen molar-refractivity contribution in [2.75, 3.05) is 25.0 Å². The van der Waals surface area contributed by atoms with E-state index in [1.807, 2.05) is 48.3 Å². The topological polar surface area (TPSA) is 96.5 Å². The van der Waals surface area contributed by atoms with Gasteiger partial charge in [0.2, 0.25) is 11.8 Å². The molecule has 1 N–H and O–H groups in total. The fourth-order valence-electron chi connectivity index (χ4n) is 5.59. The average Bonchev–Trinajstić information content (AvgIpc) is 3.46. The van der Waals surface area contributed by atoms with E-state index in [1.165, 1.54) is 5.56 Å². The van der Waals surface area contributed by atoms with Crippen LogP contribution in [0.3, 0.4) is 0 Å². The Hall–Kier alpha value is -4.14. The molecule has 6 rings (SSSR count). The molecule has 9 heteroatoms. The number of nitrogens with zero attached hydrogens (tertiary/aromatic N) is 5. The zero-order valence-electron chi connectivity index (χ0n) is 20.4. The zero-order chi connectivity index (χ0) is 24.8. The van der Waals surface area contributed by atoms with Crippen LogP contribution in [0.1, 0.15) is 45.9 Å². The van der Waals surface area contributed by atoms with E-state index in [9.17, 15) is 9.59 Å². The molecule has 4 aromatic rings. The lowest BCUT2D eigenvalue weighted by Crippen LogP contribution is -2.51. The van der Waals surface area contributed by atoms with E-state index in [2.05, 4.69) is 37.1 Å². The van der Waals surface area contributed by atoms with Crippen molar-refractivity contribution in [3.63, 3.8) is 0 Å². The van der Waals surface area contributed by atoms with E-state index < -0.39 is 0 Å². The highest BCUT2D eigenvalue weighted by molar-refractivity contribution is 6.02. The van der Waals surface area contributed by atoms with E-state index in [0.717, 1.165) is 34.3 Å². The van der Waals surface area contributed by atoms with Crippen LogP contribution in [0.5, 0.6) is 0 Å². The van der Waals surface area contributed by atoms with Gasteiger partial charge in [0.15, 0.2) is 5.82 Å². The maximum Gasteiger partial charge on any atom is 0.257 e. The molecule has 0 bridgehead atoms. The number of anilines is 1. The number of fused-ring (bicyclic) bond motifs is 6. The van der Waals surface area contributed by atoms with Gasteiger partial charge in [-0.3, -0.25) is 9.59 Å². The summed E-state index contributed by atoms with van der Waals surface area (Å²) in [4.78, 5) is 34.8. The smallest absolute Gasteiger partial charge is 0.257 e.